The zero-order chi connectivity index (χ0) is 10.5. The van der Waals surface area contributed by atoms with E-state index in [1.165, 1.54) is 5.56 Å². The summed E-state index contributed by atoms with van der Waals surface area (Å²) < 4.78 is 0.946. The maximum atomic E-state index is 6.10. The van der Waals surface area contributed by atoms with Crippen molar-refractivity contribution >= 4 is 26.8 Å². The van der Waals surface area contributed by atoms with E-state index in [9.17, 15) is 0 Å². The van der Waals surface area contributed by atoms with Crippen molar-refractivity contribution in [1.82, 2.24) is 10.2 Å². The normalized spacial score (nSPS) is 18.3. The van der Waals surface area contributed by atoms with Gasteiger partial charge in [0.1, 0.15) is 4.60 Å². The van der Waals surface area contributed by atoms with Gasteiger partial charge >= 0.3 is 0 Å². The molecule has 0 unspecified atom stereocenters. The van der Waals surface area contributed by atoms with Crippen LogP contribution in [-0.2, 0) is 6.42 Å². The van der Waals surface area contributed by atoms with Crippen LogP contribution in [0.4, 0.5) is 0 Å². The minimum atomic E-state index is 0.0733. The van der Waals surface area contributed by atoms with Crippen LogP contribution in [0.15, 0.2) is 22.8 Å². The lowest BCUT2D eigenvalue weighted by atomic mass is 10.0. The zero-order valence-corrected chi connectivity index (χ0v) is 9.84. The summed E-state index contributed by atoms with van der Waals surface area (Å²) >= 11 is 3.45. The Morgan fingerprint density at radius 1 is 1.47 bits per heavy atom. The number of halogens is 1. The number of aromatic amines is 1. The molecule has 0 bridgehead atoms. The fourth-order valence-corrected chi connectivity index (χ4v) is 2.29. The van der Waals surface area contributed by atoms with Crippen LogP contribution in [0.3, 0.4) is 0 Å². The van der Waals surface area contributed by atoms with Crippen LogP contribution in [0.5, 0.6) is 0 Å². The summed E-state index contributed by atoms with van der Waals surface area (Å²) in [5.74, 6) is 0. The number of fused-ring (bicyclic) bond motifs is 1. The van der Waals surface area contributed by atoms with Crippen molar-refractivity contribution in [3.63, 3.8) is 0 Å². The maximum absolute atomic E-state index is 6.10. The molecular weight excluding hydrogens is 254 g/mol. The van der Waals surface area contributed by atoms with E-state index in [4.69, 9.17) is 5.73 Å². The first kappa shape index (κ1) is 9.36. The predicted octanol–water partition coefficient (Wildman–Crippen LogP) is 2.36. The number of rotatable bonds is 2. The van der Waals surface area contributed by atoms with Gasteiger partial charge in [-0.15, -0.1) is 0 Å². The number of hydrogen-bond donors (Lipinski definition) is 2. The predicted molar refractivity (Wildman–Crippen MR) is 63.7 cm³/mol. The molecule has 1 aromatic carbocycles. The van der Waals surface area contributed by atoms with Gasteiger partial charge in [0.05, 0.1) is 5.52 Å². The van der Waals surface area contributed by atoms with Crippen molar-refractivity contribution in [3.8, 4) is 0 Å². The van der Waals surface area contributed by atoms with Crippen LogP contribution in [0.1, 0.15) is 18.4 Å². The summed E-state index contributed by atoms with van der Waals surface area (Å²) in [5.41, 5.74) is 8.46. The number of hydrogen-bond acceptors (Lipinski definition) is 2. The molecular formula is C11H12BrN3. The van der Waals surface area contributed by atoms with E-state index in [1.807, 2.05) is 6.07 Å². The largest absolute Gasteiger partial charge is 0.325 e. The molecule has 0 amide bonds. The Kier molecular flexibility index (Phi) is 1.91. The number of nitrogens with two attached hydrogens (primary N) is 1. The highest BCUT2D eigenvalue weighted by Crippen LogP contribution is 2.36. The first-order valence-corrected chi connectivity index (χ1v) is 5.87. The number of aromatic nitrogens is 2. The van der Waals surface area contributed by atoms with Gasteiger partial charge in [0, 0.05) is 10.9 Å². The summed E-state index contributed by atoms with van der Waals surface area (Å²) in [6.07, 6.45) is 3.27. The van der Waals surface area contributed by atoms with E-state index in [0.29, 0.717) is 0 Å². The second-order valence-electron chi connectivity index (χ2n) is 4.43. The molecule has 1 aliphatic carbocycles. The van der Waals surface area contributed by atoms with Gasteiger partial charge < -0.3 is 5.73 Å². The average molecular weight is 266 g/mol. The highest BCUT2D eigenvalue weighted by atomic mass is 79.9. The third-order valence-electron chi connectivity index (χ3n) is 3.02. The summed E-state index contributed by atoms with van der Waals surface area (Å²) in [7, 11) is 0. The van der Waals surface area contributed by atoms with Crippen LogP contribution in [-0.4, -0.2) is 15.7 Å². The molecule has 0 radical (unpaired) electrons. The Morgan fingerprint density at radius 2 is 2.27 bits per heavy atom. The molecule has 1 fully saturated rings. The van der Waals surface area contributed by atoms with Crippen molar-refractivity contribution in [1.29, 1.82) is 0 Å². The van der Waals surface area contributed by atoms with E-state index in [2.05, 4.69) is 38.3 Å². The van der Waals surface area contributed by atoms with Crippen molar-refractivity contribution in [3.05, 3.63) is 28.4 Å². The fourth-order valence-electron chi connectivity index (χ4n) is 1.88. The fraction of sp³-hybridized carbons (Fsp3) is 0.364. The van der Waals surface area contributed by atoms with Gasteiger partial charge in [-0.3, -0.25) is 5.10 Å². The van der Waals surface area contributed by atoms with E-state index in [0.717, 1.165) is 34.8 Å². The van der Waals surface area contributed by atoms with Crippen LogP contribution in [0, 0.1) is 0 Å². The van der Waals surface area contributed by atoms with Gasteiger partial charge in [0.25, 0.3) is 0 Å². The van der Waals surface area contributed by atoms with E-state index in [1.54, 1.807) is 0 Å². The molecule has 3 N–H and O–H groups in total. The van der Waals surface area contributed by atoms with E-state index >= 15 is 0 Å². The molecule has 1 aliphatic rings. The molecule has 78 valence electrons. The van der Waals surface area contributed by atoms with Gasteiger partial charge in [0.2, 0.25) is 0 Å². The number of nitrogens with one attached hydrogen (secondary N) is 1. The van der Waals surface area contributed by atoms with Crippen LogP contribution in [0.2, 0.25) is 0 Å². The first-order valence-electron chi connectivity index (χ1n) is 5.08. The van der Waals surface area contributed by atoms with Crippen LogP contribution >= 0.6 is 15.9 Å². The minimum Gasteiger partial charge on any atom is -0.325 e. The summed E-state index contributed by atoms with van der Waals surface area (Å²) in [4.78, 5) is 0. The Labute approximate surface area is 96.2 Å². The average Bonchev–Trinajstić information content (AvgIpc) is 2.82. The topological polar surface area (TPSA) is 54.7 Å². The summed E-state index contributed by atoms with van der Waals surface area (Å²) in [6, 6.07) is 6.32. The van der Waals surface area contributed by atoms with Gasteiger partial charge in [-0.05, 0) is 52.9 Å². The molecule has 4 heteroatoms. The first-order chi connectivity index (χ1) is 7.16. The number of H-pyrrole nitrogens is 1. The molecule has 0 aliphatic heterocycles. The summed E-state index contributed by atoms with van der Waals surface area (Å²) in [5, 5.41) is 8.22. The van der Waals surface area contributed by atoms with Gasteiger partial charge in [-0.2, -0.15) is 5.10 Å². The van der Waals surface area contributed by atoms with Gasteiger partial charge in [-0.25, -0.2) is 0 Å². The highest BCUT2D eigenvalue weighted by Gasteiger charge is 2.37. The Morgan fingerprint density at radius 3 is 3.00 bits per heavy atom. The molecule has 1 aromatic heterocycles. The van der Waals surface area contributed by atoms with E-state index in [-0.39, 0.29) is 5.54 Å². The molecule has 0 atom stereocenters. The lowest BCUT2D eigenvalue weighted by Gasteiger charge is -2.07. The number of nitrogens with zero attached hydrogens (tertiary/aromatic N) is 1. The van der Waals surface area contributed by atoms with Crippen molar-refractivity contribution in [2.45, 2.75) is 24.8 Å². The molecule has 0 spiro atoms. The molecule has 1 heterocycles. The molecule has 1 saturated carbocycles. The molecule has 2 aromatic rings. The van der Waals surface area contributed by atoms with Gasteiger partial charge in [-0.1, -0.05) is 6.07 Å². The Balaban J connectivity index is 2.01. The lowest BCUT2D eigenvalue weighted by molar-refractivity contribution is 0.673. The standard InChI is InChI=1S/C11H12BrN3/c12-10-8-5-7(6-11(13)3-4-11)1-2-9(8)14-15-10/h1-2,5H,3-4,6,13H2,(H,14,15). The molecule has 3 nitrogen and oxygen atoms in total. The third kappa shape index (κ3) is 1.68. The van der Waals surface area contributed by atoms with Crippen molar-refractivity contribution in [2.24, 2.45) is 5.73 Å². The molecule has 15 heavy (non-hydrogen) atoms. The van der Waals surface area contributed by atoms with Gasteiger partial charge in [0.15, 0.2) is 0 Å². The molecule has 0 saturated heterocycles. The zero-order valence-electron chi connectivity index (χ0n) is 8.26. The van der Waals surface area contributed by atoms with Crippen molar-refractivity contribution in [2.75, 3.05) is 0 Å². The lowest BCUT2D eigenvalue weighted by Crippen LogP contribution is -2.24. The van der Waals surface area contributed by atoms with Crippen LogP contribution in [0.25, 0.3) is 10.9 Å². The minimum absolute atomic E-state index is 0.0733. The van der Waals surface area contributed by atoms with Crippen LogP contribution < -0.4 is 5.73 Å². The Bertz CT molecular complexity index is 514. The highest BCUT2D eigenvalue weighted by molar-refractivity contribution is 9.10. The summed E-state index contributed by atoms with van der Waals surface area (Å²) in [6.45, 7) is 0. The monoisotopic (exact) mass is 265 g/mol. The van der Waals surface area contributed by atoms with Crippen molar-refractivity contribution < 1.29 is 0 Å². The number of benzene rings is 1. The Hall–Kier alpha value is -0.870. The quantitative estimate of drug-likeness (QED) is 0.876. The SMILES string of the molecule is NC1(Cc2ccc3n[nH]c(Br)c3c2)CC1. The molecule has 3 rings (SSSR count). The maximum Gasteiger partial charge on any atom is 0.108 e. The second kappa shape index (κ2) is 3.06. The second-order valence-corrected chi connectivity index (χ2v) is 5.22. The smallest absolute Gasteiger partial charge is 0.108 e. The van der Waals surface area contributed by atoms with E-state index < -0.39 is 0 Å². The third-order valence-corrected chi connectivity index (χ3v) is 3.62.